The van der Waals surface area contributed by atoms with E-state index in [1.807, 2.05) is 12.1 Å². The maximum Gasteiger partial charge on any atom is 0.139 e. The number of aryl methyl sites for hydroxylation is 1. The molecule has 2 aromatic carbocycles. The first-order valence-corrected chi connectivity index (χ1v) is 6.96. The Balaban J connectivity index is 1.84. The van der Waals surface area contributed by atoms with Crippen LogP contribution in [-0.4, -0.2) is 5.11 Å². The minimum absolute atomic E-state index is 0.177. The number of phenols is 1. The first-order valence-electron chi connectivity index (χ1n) is 6.17. The summed E-state index contributed by atoms with van der Waals surface area (Å²) in [7, 11) is 0. The lowest BCUT2D eigenvalue weighted by molar-refractivity contribution is 0.474. The van der Waals surface area contributed by atoms with Gasteiger partial charge < -0.3 is 10.4 Å². The molecule has 1 atom stereocenters. The monoisotopic (exact) mass is 321 g/mol. The van der Waals surface area contributed by atoms with Gasteiger partial charge in [-0.2, -0.15) is 0 Å². The zero-order chi connectivity index (χ0) is 13.4. The van der Waals surface area contributed by atoms with Crippen molar-refractivity contribution in [1.29, 1.82) is 0 Å². The van der Waals surface area contributed by atoms with Crippen LogP contribution in [0.15, 0.2) is 40.9 Å². The van der Waals surface area contributed by atoms with Gasteiger partial charge in [0.15, 0.2) is 0 Å². The minimum Gasteiger partial charge on any atom is -0.508 e. The van der Waals surface area contributed by atoms with E-state index in [1.54, 1.807) is 18.2 Å². The van der Waals surface area contributed by atoms with Crippen LogP contribution >= 0.6 is 15.9 Å². The molecule has 2 nitrogen and oxygen atoms in total. The molecule has 3 rings (SSSR count). The number of aromatic hydroxyl groups is 1. The highest BCUT2D eigenvalue weighted by Crippen LogP contribution is 2.35. The molecule has 1 unspecified atom stereocenters. The van der Waals surface area contributed by atoms with Crippen LogP contribution in [0.2, 0.25) is 0 Å². The predicted molar refractivity (Wildman–Crippen MR) is 76.9 cm³/mol. The molecule has 0 radical (unpaired) electrons. The van der Waals surface area contributed by atoms with Crippen LogP contribution in [0.3, 0.4) is 0 Å². The second kappa shape index (κ2) is 4.85. The Morgan fingerprint density at radius 2 is 2.05 bits per heavy atom. The Hall–Kier alpha value is -1.55. The van der Waals surface area contributed by atoms with E-state index in [9.17, 15) is 9.50 Å². The molecule has 0 aliphatic heterocycles. The quantitative estimate of drug-likeness (QED) is 0.859. The fourth-order valence-electron chi connectivity index (χ4n) is 2.54. The third-order valence-corrected chi connectivity index (χ3v) is 4.11. The van der Waals surface area contributed by atoms with Crippen LogP contribution in [0.1, 0.15) is 23.6 Å². The number of phenolic OH excluding ortho intramolecular Hbond substituents is 1. The average molecular weight is 322 g/mol. The summed E-state index contributed by atoms with van der Waals surface area (Å²) in [5.74, 6) is 0.0306. The molecule has 0 saturated carbocycles. The number of rotatable bonds is 2. The van der Waals surface area contributed by atoms with Gasteiger partial charge in [0.1, 0.15) is 11.6 Å². The smallest absolute Gasteiger partial charge is 0.139 e. The molecule has 0 saturated heterocycles. The summed E-state index contributed by atoms with van der Waals surface area (Å²) in [6.45, 7) is 0. The molecule has 1 aliphatic rings. The van der Waals surface area contributed by atoms with Crippen molar-refractivity contribution in [3.8, 4) is 5.75 Å². The van der Waals surface area contributed by atoms with E-state index < -0.39 is 0 Å². The topological polar surface area (TPSA) is 32.3 Å². The zero-order valence-electron chi connectivity index (χ0n) is 10.2. The first-order chi connectivity index (χ1) is 9.13. The van der Waals surface area contributed by atoms with E-state index in [0.29, 0.717) is 10.2 Å². The molecular formula is C15H13BrFNO. The fourth-order valence-corrected chi connectivity index (χ4v) is 2.79. The molecular weight excluding hydrogens is 309 g/mol. The number of halogens is 2. The molecule has 1 aliphatic carbocycles. The number of benzene rings is 2. The summed E-state index contributed by atoms with van der Waals surface area (Å²) in [5, 5.41) is 12.8. The van der Waals surface area contributed by atoms with Gasteiger partial charge in [-0.15, -0.1) is 0 Å². The van der Waals surface area contributed by atoms with Gasteiger partial charge in [-0.1, -0.05) is 6.07 Å². The van der Waals surface area contributed by atoms with Crippen molar-refractivity contribution in [2.24, 2.45) is 0 Å². The van der Waals surface area contributed by atoms with Crippen LogP contribution in [-0.2, 0) is 6.42 Å². The van der Waals surface area contributed by atoms with E-state index >= 15 is 0 Å². The van der Waals surface area contributed by atoms with Crippen molar-refractivity contribution in [1.82, 2.24) is 0 Å². The Morgan fingerprint density at radius 3 is 2.84 bits per heavy atom. The van der Waals surface area contributed by atoms with Crippen molar-refractivity contribution < 1.29 is 9.50 Å². The molecule has 0 spiro atoms. The Kier molecular flexibility index (Phi) is 3.19. The lowest BCUT2D eigenvalue weighted by Gasteiger charge is -2.16. The van der Waals surface area contributed by atoms with Crippen LogP contribution in [0, 0.1) is 5.82 Å². The molecule has 2 N–H and O–H groups in total. The molecule has 2 aromatic rings. The van der Waals surface area contributed by atoms with Crippen molar-refractivity contribution in [3.63, 3.8) is 0 Å². The van der Waals surface area contributed by atoms with Crippen LogP contribution in [0.4, 0.5) is 10.1 Å². The second-order valence-electron chi connectivity index (χ2n) is 4.75. The fraction of sp³-hybridized carbons (Fsp3) is 0.200. The normalized spacial score (nSPS) is 17.3. The maximum atomic E-state index is 13.5. The van der Waals surface area contributed by atoms with Gasteiger partial charge in [0.2, 0.25) is 0 Å². The van der Waals surface area contributed by atoms with Gasteiger partial charge in [0.25, 0.3) is 0 Å². The molecule has 4 heteroatoms. The van der Waals surface area contributed by atoms with E-state index in [1.165, 1.54) is 11.6 Å². The number of hydrogen-bond donors (Lipinski definition) is 2. The first kappa shape index (κ1) is 12.5. The zero-order valence-corrected chi connectivity index (χ0v) is 11.7. The van der Waals surface area contributed by atoms with Crippen molar-refractivity contribution in [2.75, 3.05) is 5.32 Å². The highest BCUT2D eigenvalue weighted by atomic mass is 79.9. The van der Waals surface area contributed by atoms with Gasteiger partial charge in [-0.05, 0) is 70.2 Å². The standard InChI is InChI=1S/C15H13BrFNO/c16-13-5-2-10(8-14(13)17)18-15-6-1-9-7-11(19)3-4-12(9)15/h2-5,7-8,15,18-19H,1,6H2. The Labute approximate surface area is 119 Å². The summed E-state index contributed by atoms with van der Waals surface area (Å²) < 4.78 is 13.9. The Morgan fingerprint density at radius 1 is 1.21 bits per heavy atom. The van der Waals surface area contributed by atoms with Crippen LogP contribution in [0.5, 0.6) is 5.75 Å². The minimum atomic E-state index is -0.270. The van der Waals surface area contributed by atoms with Gasteiger partial charge >= 0.3 is 0 Å². The molecule has 0 fully saturated rings. The highest BCUT2D eigenvalue weighted by molar-refractivity contribution is 9.10. The third kappa shape index (κ3) is 2.45. The van der Waals surface area contributed by atoms with E-state index in [0.717, 1.165) is 24.1 Å². The van der Waals surface area contributed by atoms with Crippen molar-refractivity contribution >= 4 is 21.6 Å². The lowest BCUT2D eigenvalue weighted by atomic mass is 10.1. The number of anilines is 1. The SMILES string of the molecule is Oc1ccc2c(c1)CCC2Nc1ccc(Br)c(F)c1. The van der Waals surface area contributed by atoms with Gasteiger partial charge in [0.05, 0.1) is 10.5 Å². The lowest BCUT2D eigenvalue weighted by Crippen LogP contribution is -2.07. The predicted octanol–water partition coefficient (Wildman–Crippen LogP) is 4.39. The van der Waals surface area contributed by atoms with E-state index in [-0.39, 0.29) is 11.9 Å². The summed E-state index contributed by atoms with van der Waals surface area (Å²) >= 11 is 3.15. The molecule has 98 valence electrons. The number of nitrogens with one attached hydrogen (secondary N) is 1. The summed E-state index contributed by atoms with van der Waals surface area (Å²) in [6, 6.07) is 10.7. The van der Waals surface area contributed by atoms with Gasteiger partial charge in [-0.25, -0.2) is 4.39 Å². The van der Waals surface area contributed by atoms with E-state index in [2.05, 4.69) is 21.2 Å². The summed E-state index contributed by atoms with van der Waals surface area (Å²) in [6.07, 6.45) is 1.89. The summed E-state index contributed by atoms with van der Waals surface area (Å²) in [5.41, 5.74) is 3.11. The van der Waals surface area contributed by atoms with Crippen molar-refractivity contribution in [2.45, 2.75) is 18.9 Å². The molecule has 19 heavy (non-hydrogen) atoms. The Bertz CT molecular complexity index is 630. The van der Waals surface area contributed by atoms with Gasteiger partial charge in [0, 0.05) is 5.69 Å². The molecule has 0 bridgehead atoms. The number of hydrogen-bond acceptors (Lipinski definition) is 2. The maximum absolute atomic E-state index is 13.5. The molecule has 0 amide bonds. The molecule has 0 aromatic heterocycles. The van der Waals surface area contributed by atoms with Gasteiger partial charge in [-0.3, -0.25) is 0 Å². The molecule has 0 heterocycles. The number of fused-ring (bicyclic) bond motifs is 1. The third-order valence-electron chi connectivity index (χ3n) is 3.46. The largest absolute Gasteiger partial charge is 0.508 e. The second-order valence-corrected chi connectivity index (χ2v) is 5.60. The van der Waals surface area contributed by atoms with Crippen LogP contribution < -0.4 is 5.32 Å². The van der Waals surface area contributed by atoms with Crippen molar-refractivity contribution in [3.05, 3.63) is 57.8 Å². The average Bonchev–Trinajstić information content (AvgIpc) is 2.76. The highest BCUT2D eigenvalue weighted by Gasteiger charge is 2.22. The van der Waals surface area contributed by atoms with Crippen LogP contribution in [0.25, 0.3) is 0 Å². The summed E-state index contributed by atoms with van der Waals surface area (Å²) in [4.78, 5) is 0. The van der Waals surface area contributed by atoms with E-state index in [4.69, 9.17) is 0 Å².